The molecule has 78 valence electrons. The fourth-order valence-corrected chi connectivity index (χ4v) is 1.43. The highest BCUT2D eigenvalue weighted by molar-refractivity contribution is 5.74. The minimum Gasteiger partial charge on any atom is -0.370 e. The lowest BCUT2D eigenvalue weighted by molar-refractivity contribution is -0.118. The Morgan fingerprint density at radius 2 is 2.43 bits per heavy atom. The van der Waals surface area contributed by atoms with Crippen LogP contribution in [0, 0.1) is 6.92 Å². The number of aryl methyl sites for hydroxylation is 1. The summed E-state index contributed by atoms with van der Waals surface area (Å²) in [4.78, 5) is 10.8. The van der Waals surface area contributed by atoms with E-state index in [1.807, 2.05) is 14.0 Å². The lowest BCUT2D eigenvalue weighted by Crippen LogP contribution is -2.24. The molecule has 5 heteroatoms. The summed E-state index contributed by atoms with van der Waals surface area (Å²) in [5.41, 5.74) is 7.23. The van der Waals surface area contributed by atoms with Crippen molar-refractivity contribution in [2.24, 2.45) is 12.8 Å². The van der Waals surface area contributed by atoms with Gasteiger partial charge in [0.05, 0.1) is 6.20 Å². The average Bonchev–Trinajstić information content (AvgIpc) is 2.44. The van der Waals surface area contributed by atoms with Crippen molar-refractivity contribution in [3.8, 4) is 0 Å². The third kappa shape index (κ3) is 2.11. The van der Waals surface area contributed by atoms with E-state index in [9.17, 15) is 4.79 Å². The molecule has 1 aromatic rings. The van der Waals surface area contributed by atoms with Gasteiger partial charge in [-0.3, -0.25) is 9.48 Å². The van der Waals surface area contributed by atoms with Crippen LogP contribution < -0.4 is 11.1 Å². The van der Waals surface area contributed by atoms with Crippen molar-refractivity contribution < 1.29 is 4.79 Å². The number of hydrogen-bond acceptors (Lipinski definition) is 3. The molecule has 0 spiro atoms. The van der Waals surface area contributed by atoms with Gasteiger partial charge in [-0.25, -0.2) is 0 Å². The zero-order chi connectivity index (χ0) is 10.7. The highest BCUT2D eigenvalue weighted by atomic mass is 16.1. The van der Waals surface area contributed by atoms with Crippen LogP contribution in [0.2, 0.25) is 0 Å². The van der Waals surface area contributed by atoms with Crippen LogP contribution in [0.4, 0.5) is 0 Å². The molecule has 0 aliphatic carbocycles. The molecule has 1 rings (SSSR count). The molecule has 1 heterocycles. The van der Waals surface area contributed by atoms with E-state index < -0.39 is 0 Å². The standard InChI is InChI=1S/C9H16N4O/c1-6-7(5-12-13(6)3)8(11-2)4-9(10)14/h5,8,11H,4H2,1-3H3,(H2,10,14). The second-order valence-corrected chi connectivity index (χ2v) is 3.32. The van der Waals surface area contributed by atoms with Gasteiger partial charge >= 0.3 is 0 Å². The van der Waals surface area contributed by atoms with Crippen molar-refractivity contribution in [1.82, 2.24) is 15.1 Å². The molecule has 3 N–H and O–H groups in total. The van der Waals surface area contributed by atoms with Crippen LogP contribution in [-0.2, 0) is 11.8 Å². The number of carbonyl (C=O) groups is 1. The number of amides is 1. The van der Waals surface area contributed by atoms with Crippen LogP contribution in [0.15, 0.2) is 6.20 Å². The van der Waals surface area contributed by atoms with Gasteiger partial charge in [0.1, 0.15) is 0 Å². The number of primary amides is 1. The Labute approximate surface area is 83.3 Å². The monoisotopic (exact) mass is 196 g/mol. The SMILES string of the molecule is CNC(CC(N)=O)c1cnn(C)c1C. The van der Waals surface area contributed by atoms with Crippen molar-refractivity contribution in [1.29, 1.82) is 0 Å². The summed E-state index contributed by atoms with van der Waals surface area (Å²) < 4.78 is 1.78. The Bertz CT molecular complexity index is 332. The summed E-state index contributed by atoms with van der Waals surface area (Å²) in [6.07, 6.45) is 2.06. The molecule has 0 fully saturated rings. The van der Waals surface area contributed by atoms with Gasteiger partial charge in [0.15, 0.2) is 0 Å². The number of nitrogens with two attached hydrogens (primary N) is 1. The van der Waals surface area contributed by atoms with Crippen molar-refractivity contribution >= 4 is 5.91 Å². The second kappa shape index (κ2) is 4.23. The van der Waals surface area contributed by atoms with E-state index in [2.05, 4.69) is 10.4 Å². The lowest BCUT2D eigenvalue weighted by Gasteiger charge is -2.13. The molecule has 5 nitrogen and oxygen atoms in total. The molecule has 0 aliphatic rings. The molecule has 1 aromatic heterocycles. The Balaban J connectivity index is 2.89. The van der Waals surface area contributed by atoms with Gasteiger partial charge in [0.2, 0.25) is 5.91 Å². The first-order valence-corrected chi connectivity index (χ1v) is 4.50. The molecule has 0 aromatic carbocycles. The van der Waals surface area contributed by atoms with Gasteiger partial charge in [0, 0.05) is 30.8 Å². The maximum atomic E-state index is 10.8. The minimum absolute atomic E-state index is 0.0406. The van der Waals surface area contributed by atoms with Crippen LogP contribution in [0.3, 0.4) is 0 Å². The van der Waals surface area contributed by atoms with Crippen molar-refractivity contribution in [3.63, 3.8) is 0 Å². The van der Waals surface area contributed by atoms with Crippen LogP contribution >= 0.6 is 0 Å². The van der Waals surface area contributed by atoms with Crippen LogP contribution in [-0.4, -0.2) is 22.7 Å². The smallest absolute Gasteiger partial charge is 0.219 e. The van der Waals surface area contributed by atoms with Crippen LogP contribution in [0.1, 0.15) is 23.7 Å². The summed E-state index contributed by atoms with van der Waals surface area (Å²) in [5, 5.41) is 7.17. The Hall–Kier alpha value is -1.36. The molecule has 1 unspecified atom stereocenters. The minimum atomic E-state index is -0.312. The third-order valence-electron chi connectivity index (χ3n) is 2.40. The number of nitrogens with one attached hydrogen (secondary N) is 1. The van der Waals surface area contributed by atoms with E-state index in [1.165, 1.54) is 0 Å². The first-order chi connectivity index (χ1) is 6.56. The topological polar surface area (TPSA) is 72.9 Å². The van der Waals surface area contributed by atoms with E-state index in [-0.39, 0.29) is 11.9 Å². The molecule has 0 saturated carbocycles. The predicted octanol–water partition coefficient (Wildman–Crippen LogP) is -0.136. The summed E-state index contributed by atoms with van der Waals surface area (Å²) in [7, 11) is 3.68. The summed E-state index contributed by atoms with van der Waals surface area (Å²) in [6.45, 7) is 1.97. The highest BCUT2D eigenvalue weighted by Crippen LogP contribution is 2.18. The fourth-order valence-electron chi connectivity index (χ4n) is 1.43. The predicted molar refractivity (Wildman–Crippen MR) is 53.6 cm³/mol. The molecule has 1 atom stereocenters. The van der Waals surface area contributed by atoms with Gasteiger partial charge in [0.25, 0.3) is 0 Å². The number of aromatic nitrogens is 2. The van der Waals surface area contributed by atoms with Gasteiger partial charge in [-0.1, -0.05) is 0 Å². The normalized spacial score (nSPS) is 12.8. The fraction of sp³-hybridized carbons (Fsp3) is 0.556. The second-order valence-electron chi connectivity index (χ2n) is 3.32. The van der Waals surface area contributed by atoms with E-state index >= 15 is 0 Å². The first-order valence-electron chi connectivity index (χ1n) is 4.50. The van der Waals surface area contributed by atoms with E-state index in [0.29, 0.717) is 6.42 Å². The quantitative estimate of drug-likeness (QED) is 0.704. The molecule has 14 heavy (non-hydrogen) atoms. The zero-order valence-electron chi connectivity index (χ0n) is 8.74. The van der Waals surface area contributed by atoms with Crippen molar-refractivity contribution in [3.05, 3.63) is 17.5 Å². The van der Waals surface area contributed by atoms with E-state index in [4.69, 9.17) is 5.73 Å². The number of nitrogens with zero attached hydrogens (tertiary/aromatic N) is 2. The van der Waals surface area contributed by atoms with Gasteiger partial charge in [-0.15, -0.1) is 0 Å². The number of hydrogen-bond donors (Lipinski definition) is 2. The van der Waals surface area contributed by atoms with Gasteiger partial charge < -0.3 is 11.1 Å². The van der Waals surface area contributed by atoms with Gasteiger partial charge in [-0.05, 0) is 14.0 Å². The van der Waals surface area contributed by atoms with Crippen LogP contribution in [0.5, 0.6) is 0 Å². The van der Waals surface area contributed by atoms with Crippen molar-refractivity contribution in [2.75, 3.05) is 7.05 Å². The first kappa shape index (κ1) is 10.7. The number of rotatable bonds is 4. The largest absolute Gasteiger partial charge is 0.370 e. The highest BCUT2D eigenvalue weighted by Gasteiger charge is 2.16. The average molecular weight is 196 g/mol. The molecule has 1 amide bonds. The maximum absolute atomic E-state index is 10.8. The molecule has 0 aliphatic heterocycles. The van der Waals surface area contributed by atoms with Crippen molar-refractivity contribution in [2.45, 2.75) is 19.4 Å². The maximum Gasteiger partial charge on any atom is 0.219 e. The molecule has 0 saturated heterocycles. The summed E-state index contributed by atoms with van der Waals surface area (Å²) >= 11 is 0. The van der Waals surface area contributed by atoms with Gasteiger partial charge in [-0.2, -0.15) is 5.10 Å². The van der Waals surface area contributed by atoms with E-state index in [0.717, 1.165) is 11.3 Å². The molecular formula is C9H16N4O. The Morgan fingerprint density at radius 3 is 2.79 bits per heavy atom. The third-order valence-corrected chi connectivity index (χ3v) is 2.40. The summed E-state index contributed by atoms with van der Waals surface area (Å²) in [5.74, 6) is -0.312. The molecule has 0 radical (unpaired) electrons. The molecule has 0 bridgehead atoms. The number of carbonyl (C=O) groups excluding carboxylic acids is 1. The Kier molecular flexibility index (Phi) is 3.24. The molecular weight excluding hydrogens is 180 g/mol. The zero-order valence-corrected chi connectivity index (χ0v) is 8.74. The van der Waals surface area contributed by atoms with E-state index in [1.54, 1.807) is 17.9 Å². The summed E-state index contributed by atoms with van der Waals surface area (Å²) in [6, 6.07) is -0.0406. The Morgan fingerprint density at radius 1 is 1.79 bits per heavy atom. The van der Waals surface area contributed by atoms with Crippen LogP contribution in [0.25, 0.3) is 0 Å². The lowest BCUT2D eigenvalue weighted by atomic mass is 10.1.